The van der Waals surface area contributed by atoms with Crippen molar-refractivity contribution in [3.05, 3.63) is 35.0 Å². The number of fused-ring (bicyclic) bond motifs is 1. The van der Waals surface area contributed by atoms with Crippen molar-refractivity contribution in [2.45, 2.75) is 6.92 Å². The van der Waals surface area contributed by atoms with Gasteiger partial charge < -0.3 is 10.1 Å². The zero-order valence-corrected chi connectivity index (χ0v) is 7.47. The second-order valence-electron chi connectivity index (χ2n) is 2.78. The number of pyridine rings is 1. The average Bonchev–Trinajstić information content (AvgIpc) is 2.33. The van der Waals surface area contributed by atoms with E-state index in [1.54, 1.807) is 0 Å². The summed E-state index contributed by atoms with van der Waals surface area (Å²) < 4.78 is 1.89. The van der Waals surface area contributed by atoms with Gasteiger partial charge >= 0.3 is 0 Å². The fraction of sp³-hybridized carbons (Fsp3) is 0.111. The third-order valence-electron chi connectivity index (χ3n) is 2.06. The molecule has 2 aromatic rings. The summed E-state index contributed by atoms with van der Waals surface area (Å²) in [6.07, 6.45) is 1.91. The van der Waals surface area contributed by atoms with Gasteiger partial charge in [0, 0.05) is 11.8 Å². The summed E-state index contributed by atoms with van der Waals surface area (Å²) in [5.41, 5.74) is 7.73. The Morgan fingerprint density at radius 1 is 1.42 bits per heavy atom. The maximum atomic E-state index is 6.05. The van der Waals surface area contributed by atoms with Gasteiger partial charge in [-0.2, -0.15) is 0 Å². The van der Waals surface area contributed by atoms with Gasteiger partial charge in [-0.3, -0.25) is 0 Å². The number of anilines is 1. The lowest BCUT2D eigenvalue weighted by atomic mass is 10.3. The van der Waals surface area contributed by atoms with Crippen LogP contribution in [0, 0.1) is 6.92 Å². The molecule has 0 aliphatic carbocycles. The minimum Gasteiger partial charge on any atom is -0.385 e. The molecule has 2 nitrogen and oxygen atoms in total. The zero-order chi connectivity index (χ0) is 8.72. The molecule has 0 amide bonds. The molecule has 0 aromatic carbocycles. The summed E-state index contributed by atoms with van der Waals surface area (Å²) in [5.74, 6) is 0.718. The van der Waals surface area contributed by atoms with Gasteiger partial charge in [0.25, 0.3) is 0 Å². The van der Waals surface area contributed by atoms with E-state index in [4.69, 9.17) is 17.3 Å². The zero-order valence-electron chi connectivity index (χ0n) is 6.71. The molecule has 2 heterocycles. The number of nitrogens with zero attached hydrogens (tertiary/aromatic N) is 1. The Balaban J connectivity index is 2.99. The normalized spacial score (nSPS) is 10.8. The molecule has 2 rings (SSSR count). The van der Waals surface area contributed by atoms with Gasteiger partial charge in [0.05, 0.1) is 10.5 Å². The molecule has 0 saturated heterocycles. The van der Waals surface area contributed by atoms with Crippen molar-refractivity contribution in [2.24, 2.45) is 0 Å². The first-order valence-corrected chi connectivity index (χ1v) is 4.10. The highest BCUT2D eigenvalue weighted by Gasteiger charge is 2.08. The van der Waals surface area contributed by atoms with Crippen LogP contribution >= 0.6 is 11.6 Å². The van der Waals surface area contributed by atoms with Crippen LogP contribution in [0.3, 0.4) is 0 Å². The van der Waals surface area contributed by atoms with E-state index >= 15 is 0 Å². The van der Waals surface area contributed by atoms with E-state index < -0.39 is 0 Å². The van der Waals surface area contributed by atoms with Crippen LogP contribution in [0.5, 0.6) is 0 Å². The van der Waals surface area contributed by atoms with Crippen molar-refractivity contribution in [1.29, 1.82) is 0 Å². The van der Waals surface area contributed by atoms with Crippen molar-refractivity contribution >= 4 is 22.9 Å². The predicted octanol–water partition coefficient (Wildman–Crippen LogP) is 2.48. The van der Waals surface area contributed by atoms with E-state index in [0.29, 0.717) is 0 Å². The van der Waals surface area contributed by atoms with Gasteiger partial charge in [-0.15, -0.1) is 0 Å². The Morgan fingerprint density at radius 2 is 2.17 bits per heavy atom. The second-order valence-corrected chi connectivity index (χ2v) is 3.16. The Bertz CT molecular complexity index is 392. The van der Waals surface area contributed by atoms with Crippen molar-refractivity contribution < 1.29 is 0 Å². The van der Waals surface area contributed by atoms with Gasteiger partial charge in [-0.25, -0.2) is 0 Å². The highest BCUT2D eigenvalue weighted by molar-refractivity contribution is 6.35. The van der Waals surface area contributed by atoms with Gasteiger partial charge in [0.1, 0.15) is 5.82 Å². The van der Waals surface area contributed by atoms with Crippen LogP contribution in [-0.2, 0) is 0 Å². The fourth-order valence-electron chi connectivity index (χ4n) is 1.32. The molecule has 0 aliphatic heterocycles. The molecule has 2 aromatic heterocycles. The van der Waals surface area contributed by atoms with E-state index in [2.05, 4.69) is 0 Å². The van der Waals surface area contributed by atoms with Gasteiger partial charge in [-0.05, 0) is 19.1 Å². The van der Waals surface area contributed by atoms with Crippen LogP contribution in [0.4, 0.5) is 5.82 Å². The Kier molecular flexibility index (Phi) is 1.51. The third kappa shape index (κ3) is 0.816. The summed E-state index contributed by atoms with van der Waals surface area (Å²) in [6.45, 7) is 1.92. The van der Waals surface area contributed by atoms with E-state index in [9.17, 15) is 0 Å². The lowest BCUT2D eigenvalue weighted by Gasteiger charge is -1.94. The summed E-state index contributed by atoms with van der Waals surface area (Å²) in [6, 6.07) is 5.82. The smallest absolute Gasteiger partial charge is 0.112 e. The van der Waals surface area contributed by atoms with Gasteiger partial charge in [0.15, 0.2) is 0 Å². The summed E-state index contributed by atoms with van der Waals surface area (Å²) >= 11 is 6.05. The third-order valence-corrected chi connectivity index (χ3v) is 2.53. The summed E-state index contributed by atoms with van der Waals surface area (Å²) in [7, 11) is 0. The summed E-state index contributed by atoms with van der Waals surface area (Å²) in [5, 5.41) is 0.744. The molecule has 0 aliphatic rings. The SMILES string of the molecule is Cc1c(Cl)c2ccccn2c1N. The molecule has 0 unspecified atom stereocenters. The van der Waals surface area contributed by atoms with E-state index in [-0.39, 0.29) is 0 Å². The molecule has 2 N–H and O–H groups in total. The van der Waals surface area contributed by atoms with Crippen LogP contribution in [0.15, 0.2) is 24.4 Å². The minimum atomic E-state index is 0.718. The van der Waals surface area contributed by atoms with Crippen LogP contribution < -0.4 is 5.73 Å². The fourth-order valence-corrected chi connectivity index (χ4v) is 1.57. The van der Waals surface area contributed by atoms with E-state index in [1.807, 2.05) is 35.7 Å². The van der Waals surface area contributed by atoms with Crippen molar-refractivity contribution in [1.82, 2.24) is 4.40 Å². The lowest BCUT2D eigenvalue weighted by Crippen LogP contribution is -1.92. The van der Waals surface area contributed by atoms with E-state index in [0.717, 1.165) is 21.9 Å². The first-order chi connectivity index (χ1) is 5.72. The largest absolute Gasteiger partial charge is 0.385 e. The molecule has 0 fully saturated rings. The molecule has 0 atom stereocenters. The number of hydrogen-bond donors (Lipinski definition) is 1. The molecule has 3 heteroatoms. The molecular weight excluding hydrogens is 172 g/mol. The highest BCUT2D eigenvalue weighted by Crippen LogP contribution is 2.28. The average molecular weight is 181 g/mol. The highest BCUT2D eigenvalue weighted by atomic mass is 35.5. The predicted molar refractivity (Wildman–Crippen MR) is 51.6 cm³/mol. The molecule has 0 radical (unpaired) electrons. The van der Waals surface area contributed by atoms with Crippen molar-refractivity contribution in [2.75, 3.05) is 5.73 Å². The van der Waals surface area contributed by atoms with Crippen LogP contribution in [0.2, 0.25) is 5.02 Å². The van der Waals surface area contributed by atoms with Crippen LogP contribution in [-0.4, -0.2) is 4.40 Å². The first-order valence-electron chi connectivity index (χ1n) is 3.72. The maximum Gasteiger partial charge on any atom is 0.112 e. The molecule has 12 heavy (non-hydrogen) atoms. The topological polar surface area (TPSA) is 30.4 Å². The van der Waals surface area contributed by atoms with Gasteiger partial charge in [-0.1, -0.05) is 17.7 Å². The number of hydrogen-bond acceptors (Lipinski definition) is 1. The molecular formula is C9H9ClN2. The Morgan fingerprint density at radius 3 is 2.83 bits per heavy atom. The van der Waals surface area contributed by atoms with Crippen molar-refractivity contribution in [3.63, 3.8) is 0 Å². The molecule has 0 bridgehead atoms. The first kappa shape index (κ1) is 7.50. The molecule has 0 saturated carbocycles. The number of nitrogen functional groups attached to an aromatic ring is 1. The quantitative estimate of drug-likeness (QED) is 0.664. The van der Waals surface area contributed by atoms with Gasteiger partial charge in [0.2, 0.25) is 0 Å². The number of rotatable bonds is 0. The minimum absolute atomic E-state index is 0.718. The lowest BCUT2D eigenvalue weighted by molar-refractivity contribution is 1.20. The Labute approximate surface area is 75.6 Å². The maximum absolute atomic E-state index is 6.05. The Hall–Kier alpha value is -1.15. The number of nitrogens with two attached hydrogens (primary N) is 1. The van der Waals surface area contributed by atoms with Crippen LogP contribution in [0.1, 0.15) is 5.56 Å². The van der Waals surface area contributed by atoms with Crippen molar-refractivity contribution in [3.8, 4) is 0 Å². The second kappa shape index (κ2) is 2.42. The standard InChI is InChI=1S/C9H9ClN2/c1-6-8(10)7-4-2-3-5-12(7)9(6)11/h2-5H,11H2,1H3. The number of halogens is 1. The van der Waals surface area contributed by atoms with Crippen LogP contribution in [0.25, 0.3) is 5.52 Å². The molecule has 62 valence electrons. The number of aromatic nitrogens is 1. The summed E-state index contributed by atoms with van der Waals surface area (Å²) in [4.78, 5) is 0. The molecule has 0 spiro atoms. The monoisotopic (exact) mass is 180 g/mol. The van der Waals surface area contributed by atoms with E-state index in [1.165, 1.54) is 0 Å².